The van der Waals surface area contributed by atoms with Gasteiger partial charge >= 0.3 is 5.97 Å². The van der Waals surface area contributed by atoms with Gasteiger partial charge in [-0.25, -0.2) is 4.79 Å². The van der Waals surface area contributed by atoms with E-state index in [4.69, 9.17) is 4.74 Å². The van der Waals surface area contributed by atoms with E-state index >= 15 is 0 Å². The third-order valence-electron chi connectivity index (χ3n) is 4.99. The number of carbonyl (C=O) groups is 2. The van der Waals surface area contributed by atoms with E-state index in [1.807, 2.05) is 6.07 Å². The number of amides is 1. The first-order valence-electron chi connectivity index (χ1n) is 9.23. The van der Waals surface area contributed by atoms with Gasteiger partial charge in [0.2, 0.25) is 5.91 Å². The largest absolute Gasteiger partial charge is 0.465 e. The average molecular weight is 388 g/mol. The monoisotopic (exact) mass is 387 g/mol. The quantitative estimate of drug-likeness (QED) is 0.730. The molecule has 2 aromatic rings. The van der Waals surface area contributed by atoms with Gasteiger partial charge < -0.3 is 15.4 Å². The lowest BCUT2D eigenvalue weighted by atomic mass is 9.86. The Balaban J connectivity index is 1.80. The zero-order valence-corrected chi connectivity index (χ0v) is 16.5. The van der Waals surface area contributed by atoms with Crippen molar-refractivity contribution in [2.24, 2.45) is 5.92 Å². The molecule has 1 aromatic heterocycles. The fourth-order valence-corrected chi connectivity index (χ4v) is 4.02. The van der Waals surface area contributed by atoms with Crippen molar-refractivity contribution in [1.29, 1.82) is 0 Å². The SMILES string of the molecule is COC(=O)c1ccc(NC2CCCCC2C)c(NC(=O)Cc2cncs2)c1. The molecule has 27 heavy (non-hydrogen) atoms. The van der Waals surface area contributed by atoms with Crippen LogP contribution >= 0.6 is 11.3 Å². The van der Waals surface area contributed by atoms with Crippen molar-refractivity contribution in [2.45, 2.75) is 45.1 Å². The van der Waals surface area contributed by atoms with E-state index in [0.29, 0.717) is 23.2 Å². The Morgan fingerprint density at radius 3 is 2.78 bits per heavy atom. The first-order valence-corrected chi connectivity index (χ1v) is 10.1. The molecule has 1 aliphatic rings. The van der Waals surface area contributed by atoms with E-state index in [1.54, 1.807) is 23.8 Å². The number of carbonyl (C=O) groups excluding carboxylic acids is 2. The number of benzene rings is 1. The summed E-state index contributed by atoms with van der Waals surface area (Å²) in [6.07, 6.45) is 6.72. The third-order valence-corrected chi connectivity index (χ3v) is 5.77. The number of aromatic nitrogens is 1. The number of ether oxygens (including phenoxy) is 1. The molecule has 6 nitrogen and oxygen atoms in total. The van der Waals surface area contributed by atoms with Crippen molar-refractivity contribution in [2.75, 3.05) is 17.7 Å². The second-order valence-electron chi connectivity index (χ2n) is 6.96. The average Bonchev–Trinajstić information content (AvgIpc) is 3.17. The number of anilines is 2. The minimum Gasteiger partial charge on any atom is -0.465 e. The Morgan fingerprint density at radius 1 is 1.26 bits per heavy atom. The highest BCUT2D eigenvalue weighted by Crippen LogP contribution is 2.31. The number of hydrogen-bond acceptors (Lipinski definition) is 6. The number of rotatable bonds is 6. The Labute approximate surface area is 163 Å². The molecule has 1 saturated carbocycles. The maximum Gasteiger partial charge on any atom is 0.337 e. The van der Waals surface area contributed by atoms with E-state index < -0.39 is 5.97 Å². The highest BCUT2D eigenvalue weighted by atomic mass is 32.1. The summed E-state index contributed by atoms with van der Waals surface area (Å²) in [4.78, 5) is 29.3. The van der Waals surface area contributed by atoms with Crippen molar-refractivity contribution in [3.05, 3.63) is 40.3 Å². The minimum absolute atomic E-state index is 0.138. The Morgan fingerprint density at radius 2 is 2.07 bits per heavy atom. The summed E-state index contributed by atoms with van der Waals surface area (Å²) in [5.74, 6) is 0.00586. The zero-order valence-electron chi connectivity index (χ0n) is 15.7. The van der Waals surface area contributed by atoms with Crippen LogP contribution in [0.3, 0.4) is 0 Å². The molecule has 144 valence electrons. The van der Waals surface area contributed by atoms with Crippen LogP contribution in [0.4, 0.5) is 11.4 Å². The van der Waals surface area contributed by atoms with Crippen molar-refractivity contribution in [1.82, 2.24) is 4.98 Å². The lowest BCUT2D eigenvalue weighted by molar-refractivity contribution is -0.115. The predicted molar refractivity (Wildman–Crippen MR) is 107 cm³/mol. The number of nitrogens with one attached hydrogen (secondary N) is 2. The van der Waals surface area contributed by atoms with E-state index in [1.165, 1.54) is 37.7 Å². The van der Waals surface area contributed by atoms with E-state index in [2.05, 4.69) is 22.5 Å². The summed E-state index contributed by atoms with van der Waals surface area (Å²) >= 11 is 1.44. The number of esters is 1. The van der Waals surface area contributed by atoms with Gasteiger partial charge in [0.05, 0.1) is 36.0 Å². The van der Waals surface area contributed by atoms with Gasteiger partial charge in [-0.2, -0.15) is 0 Å². The van der Waals surface area contributed by atoms with Gasteiger partial charge in [0.15, 0.2) is 0 Å². The van der Waals surface area contributed by atoms with Crippen LogP contribution in [-0.4, -0.2) is 30.0 Å². The zero-order chi connectivity index (χ0) is 19.2. The number of thiazole rings is 1. The number of methoxy groups -OCH3 is 1. The van der Waals surface area contributed by atoms with E-state index in [-0.39, 0.29) is 12.3 Å². The van der Waals surface area contributed by atoms with Gasteiger partial charge in [-0.1, -0.05) is 19.8 Å². The van der Waals surface area contributed by atoms with Crippen LogP contribution in [0.2, 0.25) is 0 Å². The lowest BCUT2D eigenvalue weighted by Gasteiger charge is -2.31. The molecule has 0 radical (unpaired) electrons. The molecule has 1 fully saturated rings. The molecule has 1 aromatic carbocycles. The van der Waals surface area contributed by atoms with Crippen LogP contribution in [0.25, 0.3) is 0 Å². The van der Waals surface area contributed by atoms with Gasteiger partial charge in [0, 0.05) is 17.1 Å². The maximum atomic E-state index is 12.5. The third kappa shape index (κ3) is 5.07. The van der Waals surface area contributed by atoms with E-state index in [0.717, 1.165) is 17.0 Å². The van der Waals surface area contributed by atoms with Crippen molar-refractivity contribution < 1.29 is 14.3 Å². The Bertz CT molecular complexity index is 792. The fourth-order valence-electron chi connectivity index (χ4n) is 3.43. The lowest BCUT2D eigenvalue weighted by Crippen LogP contribution is -2.31. The van der Waals surface area contributed by atoms with Crippen LogP contribution in [-0.2, 0) is 16.0 Å². The van der Waals surface area contributed by atoms with Crippen LogP contribution < -0.4 is 10.6 Å². The second-order valence-corrected chi connectivity index (χ2v) is 7.93. The minimum atomic E-state index is -0.425. The van der Waals surface area contributed by atoms with E-state index in [9.17, 15) is 9.59 Å². The van der Waals surface area contributed by atoms with Gasteiger partial charge in [0.1, 0.15) is 0 Å². The molecule has 1 aliphatic carbocycles. The molecule has 0 bridgehead atoms. The smallest absolute Gasteiger partial charge is 0.337 e. The summed E-state index contributed by atoms with van der Waals surface area (Å²) in [7, 11) is 1.35. The molecule has 2 atom stereocenters. The molecule has 2 unspecified atom stereocenters. The Kier molecular flexibility index (Phi) is 6.45. The molecular formula is C20H25N3O3S. The highest BCUT2D eigenvalue weighted by molar-refractivity contribution is 7.09. The maximum absolute atomic E-state index is 12.5. The van der Waals surface area contributed by atoms with Gasteiger partial charge in [-0.05, 0) is 37.0 Å². The highest BCUT2D eigenvalue weighted by Gasteiger charge is 2.22. The molecule has 0 spiro atoms. The van der Waals surface area contributed by atoms with Crippen LogP contribution in [0, 0.1) is 5.92 Å². The molecule has 0 saturated heterocycles. The van der Waals surface area contributed by atoms with Gasteiger partial charge in [-0.3, -0.25) is 9.78 Å². The normalized spacial score (nSPS) is 19.3. The number of hydrogen-bond donors (Lipinski definition) is 2. The summed E-state index contributed by atoms with van der Waals surface area (Å²) in [5, 5.41) is 6.51. The van der Waals surface area contributed by atoms with Crippen LogP contribution in [0.1, 0.15) is 47.8 Å². The summed E-state index contributed by atoms with van der Waals surface area (Å²) < 4.78 is 4.81. The first kappa shape index (κ1) is 19.4. The van der Waals surface area contributed by atoms with Crippen LogP contribution in [0.15, 0.2) is 29.9 Å². The molecule has 3 rings (SSSR count). The predicted octanol–water partition coefficient (Wildman–Crippen LogP) is 4.10. The topological polar surface area (TPSA) is 80.3 Å². The van der Waals surface area contributed by atoms with Crippen LogP contribution in [0.5, 0.6) is 0 Å². The Hall–Kier alpha value is -2.41. The van der Waals surface area contributed by atoms with Gasteiger partial charge in [0.25, 0.3) is 0 Å². The standard InChI is InChI=1S/C20H25N3O3S/c1-13-5-3-4-6-16(13)22-17-8-7-14(20(25)26-2)9-18(17)23-19(24)10-15-11-21-12-27-15/h7-9,11-13,16,22H,3-6,10H2,1-2H3,(H,23,24). The van der Waals surface area contributed by atoms with Crippen molar-refractivity contribution >= 4 is 34.6 Å². The molecular weight excluding hydrogens is 362 g/mol. The molecule has 1 heterocycles. The molecule has 7 heteroatoms. The van der Waals surface area contributed by atoms with Crippen molar-refractivity contribution in [3.8, 4) is 0 Å². The summed E-state index contributed by atoms with van der Waals surface area (Å²) in [5.41, 5.74) is 3.55. The molecule has 0 aliphatic heterocycles. The molecule has 1 amide bonds. The fraction of sp³-hybridized carbons (Fsp3) is 0.450. The summed E-state index contributed by atoms with van der Waals surface area (Å²) in [6.45, 7) is 2.25. The van der Waals surface area contributed by atoms with Gasteiger partial charge in [-0.15, -0.1) is 11.3 Å². The molecule has 2 N–H and O–H groups in total. The van der Waals surface area contributed by atoms with Crippen molar-refractivity contribution in [3.63, 3.8) is 0 Å². The number of nitrogens with zero attached hydrogens (tertiary/aromatic N) is 1. The first-order chi connectivity index (χ1) is 13.1. The second kappa shape index (κ2) is 8.99. The summed E-state index contributed by atoms with van der Waals surface area (Å²) in [6, 6.07) is 5.60.